The fourth-order valence-corrected chi connectivity index (χ4v) is 8.78. The van der Waals surface area contributed by atoms with Crippen LogP contribution in [-0.2, 0) is 5.41 Å². The van der Waals surface area contributed by atoms with E-state index in [1.807, 2.05) is 12.1 Å². The van der Waals surface area contributed by atoms with Crippen molar-refractivity contribution < 1.29 is 0 Å². The molecule has 0 atom stereocenters. The third-order valence-electron chi connectivity index (χ3n) is 11.9. The van der Waals surface area contributed by atoms with Crippen LogP contribution in [0.3, 0.4) is 0 Å². The fourth-order valence-electron chi connectivity index (χ4n) is 8.78. The van der Waals surface area contributed by atoms with Crippen molar-refractivity contribution >= 4 is 34.1 Å². The number of hydrogen-bond acceptors (Lipinski definition) is 3. The second kappa shape index (κ2) is 15.6. The van der Waals surface area contributed by atoms with Crippen molar-refractivity contribution in [2.75, 3.05) is 15.3 Å². The van der Waals surface area contributed by atoms with Gasteiger partial charge in [-0.05, 0) is 128 Å². The van der Waals surface area contributed by atoms with Gasteiger partial charge in [0.25, 0.3) is 0 Å². The molecular weight excluding hydrogens is 727 g/mol. The number of hydrazine groups is 1. The summed E-state index contributed by atoms with van der Waals surface area (Å²) in [4.78, 5) is 2.42. The molecule has 0 saturated heterocycles. The number of rotatable bonds is 10. The van der Waals surface area contributed by atoms with Crippen molar-refractivity contribution in [2.45, 2.75) is 19.3 Å². The average molecular weight is 772 g/mol. The van der Waals surface area contributed by atoms with Gasteiger partial charge in [-0.15, -0.1) is 0 Å². The van der Waals surface area contributed by atoms with Gasteiger partial charge in [0.05, 0.1) is 17.1 Å². The molecule has 3 heteroatoms. The number of nitrogens with zero attached hydrogens (tertiary/aromatic N) is 2. The maximum atomic E-state index is 3.63. The van der Waals surface area contributed by atoms with Crippen LogP contribution in [-0.4, -0.2) is 0 Å². The number of para-hydroxylation sites is 2. The van der Waals surface area contributed by atoms with Crippen molar-refractivity contribution in [3.8, 4) is 44.5 Å². The van der Waals surface area contributed by atoms with Crippen molar-refractivity contribution in [3.05, 3.63) is 242 Å². The van der Waals surface area contributed by atoms with E-state index in [0.29, 0.717) is 0 Å². The molecule has 1 N–H and O–H groups in total. The summed E-state index contributed by atoms with van der Waals surface area (Å²) in [6.07, 6.45) is 0. The number of fused-ring (bicyclic) bond motifs is 3. The Kier molecular flexibility index (Phi) is 9.55. The monoisotopic (exact) mass is 771 g/mol. The zero-order valence-corrected chi connectivity index (χ0v) is 33.8. The lowest BCUT2D eigenvalue weighted by Crippen LogP contribution is -2.24. The van der Waals surface area contributed by atoms with E-state index in [2.05, 4.69) is 248 Å². The molecule has 3 nitrogen and oxygen atoms in total. The molecule has 0 saturated carbocycles. The van der Waals surface area contributed by atoms with Gasteiger partial charge in [-0.2, -0.15) is 0 Å². The largest absolute Gasteiger partial charge is 0.310 e. The first-order chi connectivity index (χ1) is 29.5. The highest BCUT2D eigenvalue weighted by atomic mass is 15.5. The molecule has 60 heavy (non-hydrogen) atoms. The minimum Gasteiger partial charge on any atom is -0.310 e. The second-order valence-corrected chi connectivity index (χ2v) is 15.9. The van der Waals surface area contributed by atoms with Crippen molar-refractivity contribution in [1.29, 1.82) is 0 Å². The smallest absolute Gasteiger partial charge is 0.0630 e. The van der Waals surface area contributed by atoms with E-state index in [-0.39, 0.29) is 5.41 Å². The third kappa shape index (κ3) is 6.91. The Labute approximate surface area is 353 Å². The molecule has 0 bridgehead atoms. The molecule has 0 radical (unpaired) electrons. The van der Waals surface area contributed by atoms with Gasteiger partial charge in [-0.3, -0.25) is 10.4 Å². The molecule has 0 unspecified atom stereocenters. The Morgan fingerprint density at radius 2 is 0.767 bits per heavy atom. The molecular formula is C57H45N3. The molecule has 0 aromatic heterocycles. The summed E-state index contributed by atoms with van der Waals surface area (Å²) in [6.45, 7) is 4.70. The van der Waals surface area contributed by atoms with Crippen LogP contribution < -0.4 is 15.3 Å². The molecule has 0 aliphatic heterocycles. The first kappa shape index (κ1) is 36.7. The zero-order valence-electron chi connectivity index (χ0n) is 33.8. The van der Waals surface area contributed by atoms with Crippen LogP contribution in [0.15, 0.2) is 231 Å². The summed E-state index contributed by atoms with van der Waals surface area (Å²) in [5.41, 5.74) is 22.4. The van der Waals surface area contributed by atoms with E-state index in [1.54, 1.807) is 0 Å². The molecule has 0 heterocycles. The lowest BCUT2D eigenvalue weighted by Gasteiger charge is -2.29. The zero-order chi connectivity index (χ0) is 40.5. The normalized spacial score (nSPS) is 12.3. The van der Waals surface area contributed by atoms with E-state index < -0.39 is 0 Å². The van der Waals surface area contributed by atoms with Gasteiger partial charge in [0.1, 0.15) is 0 Å². The Morgan fingerprint density at radius 3 is 1.45 bits per heavy atom. The summed E-state index contributed by atoms with van der Waals surface area (Å²) in [6, 6.07) is 82.8. The summed E-state index contributed by atoms with van der Waals surface area (Å²) in [7, 11) is 0. The van der Waals surface area contributed by atoms with E-state index in [4.69, 9.17) is 0 Å². The van der Waals surface area contributed by atoms with Crippen LogP contribution in [0.1, 0.15) is 25.0 Å². The van der Waals surface area contributed by atoms with E-state index >= 15 is 0 Å². The Morgan fingerprint density at radius 1 is 0.317 bits per heavy atom. The molecule has 288 valence electrons. The van der Waals surface area contributed by atoms with Crippen LogP contribution in [0, 0.1) is 0 Å². The van der Waals surface area contributed by atoms with Crippen molar-refractivity contribution in [3.63, 3.8) is 0 Å². The molecule has 0 fully saturated rings. The first-order valence-electron chi connectivity index (χ1n) is 20.7. The maximum absolute atomic E-state index is 3.63. The topological polar surface area (TPSA) is 18.5 Å². The number of anilines is 6. The summed E-state index contributed by atoms with van der Waals surface area (Å²) >= 11 is 0. The molecule has 1 aliphatic carbocycles. The summed E-state index contributed by atoms with van der Waals surface area (Å²) in [5.74, 6) is 0. The number of hydrogen-bond donors (Lipinski definition) is 1. The second-order valence-electron chi connectivity index (χ2n) is 15.9. The standard InChI is InChI=1S/C57H45N3/c1-57(2)55-26-16-15-25-52(55)53-38-36-50(40-56(53)57)59(46-31-27-42(28-32-46)41-17-7-3-8-18-41)49-35-37-51(54(39-49)43-19-9-4-10-20-43)44-29-33-48(34-30-44)60(47-23-13-6-14-24-47)58-45-21-11-5-12-22-45/h3-40,58H,1-2H3. The lowest BCUT2D eigenvalue weighted by atomic mass is 9.82. The fraction of sp³-hybridized carbons (Fsp3) is 0.0526. The van der Waals surface area contributed by atoms with Crippen LogP contribution in [0.4, 0.5) is 34.1 Å². The van der Waals surface area contributed by atoms with Crippen LogP contribution in [0.2, 0.25) is 0 Å². The minimum absolute atomic E-state index is 0.122. The summed E-state index contributed by atoms with van der Waals surface area (Å²) in [5, 5.41) is 2.14. The molecule has 1 aliphatic rings. The third-order valence-corrected chi connectivity index (χ3v) is 11.9. The first-order valence-corrected chi connectivity index (χ1v) is 20.7. The van der Waals surface area contributed by atoms with Crippen LogP contribution in [0.5, 0.6) is 0 Å². The van der Waals surface area contributed by atoms with E-state index in [0.717, 1.165) is 39.7 Å². The van der Waals surface area contributed by atoms with Gasteiger partial charge in [0, 0.05) is 22.5 Å². The number of nitrogens with one attached hydrogen (secondary N) is 1. The predicted octanol–water partition coefficient (Wildman–Crippen LogP) is 15.6. The lowest BCUT2D eigenvalue weighted by molar-refractivity contribution is 0.660. The highest BCUT2D eigenvalue weighted by Gasteiger charge is 2.35. The molecule has 9 aromatic carbocycles. The minimum atomic E-state index is -0.122. The van der Waals surface area contributed by atoms with Gasteiger partial charge < -0.3 is 4.90 Å². The van der Waals surface area contributed by atoms with Gasteiger partial charge in [-0.25, -0.2) is 0 Å². The average Bonchev–Trinajstić information content (AvgIpc) is 3.55. The number of benzene rings is 9. The maximum Gasteiger partial charge on any atom is 0.0630 e. The molecule has 10 rings (SSSR count). The highest BCUT2D eigenvalue weighted by molar-refractivity contribution is 5.91. The van der Waals surface area contributed by atoms with E-state index in [9.17, 15) is 0 Å². The van der Waals surface area contributed by atoms with Crippen molar-refractivity contribution in [1.82, 2.24) is 0 Å². The highest BCUT2D eigenvalue weighted by Crippen LogP contribution is 2.51. The van der Waals surface area contributed by atoms with Crippen LogP contribution >= 0.6 is 0 Å². The SMILES string of the molecule is CC1(C)c2ccccc2-c2ccc(N(c3ccc(-c4ccccc4)cc3)c3ccc(-c4ccc(N(Nc5ccccc5)c5ccccc5)cc4)c(-c4ccccc4)c3)cc21. The molecule has 0 amide bonds. The molecule has 9 aromatic rings. The van der Waals surface area contributed by atoms with Gasteiger partial charge in [0.15, 0.2) is 0 Å². The Bertz CT molecular complexity index is 2890. The van der Waals surface area contributed by atoms with E-state index in [1.165, 1.54) is 50.1 Å². The van der Waals surface area contributed by atoms with Gasteiger partial charge in [-0.1, -0.05) is 172 Å². The van der Waals surface area contributed by atoms with Gasteiger partial charge >= 0.3 is 0 Å². The quantitative estimate of drug-likeness (QED) is 0.140. The Hall–Kier alpha value is -7.62. The predicted molar refractivity (Wildman–Crippen MR) is 254 cm³/mol. The van der Waals surface area contributed by atoms with Gasteiger partial charge in [0.2, 0.25) is 0 Å². The Balaban J connectivity index is 1.08. The molecule has 0 spiro atoms. The summed E-state index contributed by atoms with van der Waals surface area (Å²) < 4.78 is 0. The van der Waals surface area contributed by atoms with Crippen molar-refractivity contribution in [2.24, 2.45) is 0 Å². The van der Waals surface area contributed by atoms with Crippen LogP contribution in [0.25, 0.3) is 44.5 Å².